The fourth-order valence-corrected chi connectivity index (χ4v) is 4.13. The van der Waals surface area contributed by atoms with Crippen LogP contribution in [0.5, 0.6) is 0 Å². The number of aryl methyl sites for hydroxylation is 1. The number of nitrogens with two attached hydrogens (primary N) is 1. The number of likely N-dealkylation sites (N-methyl/N-ethyl adjacent to an activating group) is 1. The highest BCUT2D eigenvalue weighted by atomic mass is 19.1. The monoisotopic (exact) mass is 431 g/mol. The van der Waals surface area contributed by atoms with Crippen molar-refractivity contribution in [3.8, 4) is 11.5 Å². The van der Waals surface area contributed by atoms with Crippen LogP contribution in [0, 0.1) is 12.7 Å². The molecule has 0 radical (unpaired) electrons. The molecule has 0 unspecified atom stereocenters. The number of nitrogens with zero attached hydrogens (tertiary/aromatic N) is 5. The van der Waals surface area contributed by atoms with E-state index in [1.807, 2.05) is 26.2 Å². The number of rotatable bonds is 5. The lowest BCUT2D eigenvalue weighted by Crippen LogP contribution is -2.15. The predicted octanol–water partition coefficient (Wildman–Crippen LogP) is 2.94. The summed E-state index contributed by atoms with van der Waals surface area (Å²) in [5.41, 5.74) is 9.57. The second-order valence-corrected chi connectivity index (χ2v) is 7.88. The molecular formula is C23H22FN7O. The molecule has 1 aliphatic rings. The van der Waals surface area contributed by atoms with Gasteiger partial charge >= 0.3 is 0 Å². The second kappa shape index (κ2) is 7.60. The van der Waals surface area contributed by atoms with Crippen LogP contribution in [0.3, 0.4) is 0 Å². The van der Waals surface area contributed by atoms with Gasteiger partial charge in [-0.2, -0.15) is 0 Å². The minimum absolute atomic E-state index is 0.274. The third kappa shape index (κ3) is 3.31. The van der Waals surface area contributed by atoms with Gasteiger partial charge in [0.2, 0.25) is 0 Å². The smallest absolute Gasteiger partial charge is 0.252 e. The van der Waals surface area contributed by atoms with E-state index in [0.29, 0.717) is 40.8 Å². The van der Waals surface area contributed by atoms with Crippen LogP contribution in [0.4, 0.5) is 16.0 Å². The Balaban J connectivity index is 1.62. The fraction of sp³-hybridized carbons (Fsp3) is 0.217. The van der Waals surface area contributed by atoms with Gasteiger partial charge in [0.25, 0.3) is 5.91 Å². The van der Waals surface area contributed by atoms with Gasteiger partial charge in [-0.3, -0.25) is 9.20 Å². The van der Waals surface area contributed by atoms with E-state index in [4.69, 9.17) is 15.7 Å². The fourth-order valence-electron chi connectivity index (χ4n) is 4.13. The molecule has 1 aliphatic heterocycles. The lowest BCUT2D eigenvalue weighted by Gasteiger charge is -2.15. The highest BCUT2D eigenvalue weighted by Crippen LogP contribution is 2.34. The van der Waals surface area contributed by atoms with Gasteiger partial charge in [0, 0.05) is 31.9 Å². The summed E-state index contributed by atoms with van der Waals surface area (Å²) in [6.45, 7) is 3.12. The van der Waals surface area contributed by atoms with Gasteiger partial charge in [-0.25, -0.2) is 19.3 Å². The number of nitrogens with one attached hydrogen (secondary N) is 1. The molecule has 0 fully saturated rings. The number of halogens is 1. The molecule has 1 amide bonds. The van der Waals surface area contributed by atoms with Crippen LogP contribution in [0.15, 0.2) is 42.6 Å². The third-order valence-corrected chi connectivity index (χ3v) is 5.69. The molecule has 9 heteroatoms. The Morgan fingerprint density at radius 1 is 1.22 bits per heavy atom. The molecule has 3 aromatic heterocycles. The van der Waals surface area contributed by atoms with Crippen molar-refractivity contribution in [1.82, 2.24) is 19.4 Å². The van der Waals surface area contributed by atoms with E-state index in [-0.39, 0.29) is 5.82 Å². The molecule has 3 N–H and O–H groups in total. The van der Waals surface area contributed by atoms with Gasteiger partial charge < -0.3 is 16.0 Å². The molecule has 32 heavy (non-hydrogen) atoms. The maximum Gasteiger partial charge on any atom is 0.252 e. The molecule has 0 saturated heterocycles. The summed E-state index contributed by atoms with van der Waals surface area (Å²) in [4.78, 5) is 28.2. The lowest BCUT2D eigenvalue weighted by atomic mass is 10.2. The number of primary amides is 1. The zero-order valence-electron chi connectivity index (χ0n) is 17.8. The average Bonchev–Trinajstić information content (AvgIpc) is 3.30. The van der Waals surface area contributed by atoms with Gasteiger partial charge in [-0.15, -0.1) is 0 Å². The maximum atomic E-state index is 13.6. The summed E-state index contributed by atoms with van der Waals surface area (Å²) in [6, 6.07) is 9.88. The van der Waals surface area contributed by atoms with E-state index in [9.17, 15) is 9.18 Å². The number of anilines is 2. The molecule has 4 aromatic rings. The Hall–Kier alpha value is -4.01. The number of benzene rings is 1. The Morgan fingerprint density at radius 2 is 2.06 bits per heavy atom. The van der Waals surface area contributed by atoms with Crippen LogP contribution < -0.4 is 16.0 Å². The quantitative estimate of drug-likeness (QED) is 0.504. The van der Waals surface area contributed by atoms with Crippen LogP contribution in [-0.2, 0) is 13.0 Å². The standard InChI is InChI=1S/C23H22FN7O/c1-13-18(31-9-4-7-16(19(25)32)23(31)27-13)21-28-20(17-8-10-30(2)22(17)29-21)26-12-14-5-3-6-15(24)11-14/h3-7,9,11H,8,10,12H2,1-2H3,(H2,25,32)(H,26,28,29). The van der Waals surface area contributed by atoms with Crippen molar-refractivity contribution >= 4 is 23.2 Å². The Bertz CT molecular complexity index is 1360. The topological polar surface area (TPSA) is 101 Å². The number of imidazole rings is 1. The first kappa shape index (κ1) is 19.9. The number of aromatic nitrogens is 4. The van der Waals surface area contributed by atoms with Crippen LogP contribution in [-0.4, -0.2) is 38.9 Å². The van der Waals surface area contributed by atoms with E-state index in [1.165, 1.54) is 12.1 Å². The van der Waals surface area contributed by atoms with E-state index in [2.05, 4.69) is 15.2 Å². The van der Waals surface area contributed by atoms with Crippen molar-refractivity contribution in [2.45, 2.75) is 19.9 Å². The van der Waals surface area contributed by atoms with Crippen molar-refractivity contribution in [3.05, 3.63) is 70.8 Å². The summed E-state index contributed by atoms with van der Waals surface area (Å²) in [5, 5.41) is 3.36. The number of hydrogen-bond donors (Lipinski definition) is 2. The number of carbonyl (C=O) groups is 1. The molecule has 8 nitrogen and oxygen atoms in total. The van der Waals surface area contributed by atoms with Crippen LogP contribution >= 0.6 is 0 Å². The summed E-state index contributed by atoms with van der Waals surface area (Å²) < 4.78 is 15.4. The minimum atomic E-state index is -0.542. The first-order valence-corrected chi connectivity index (χ1v) is 10.3. The van der Waals surface area contributed by atoms with E-state index in [1.54, 1.807) is 22.6 Å². The maximum absolute atomic E-state index is 13.6. The molecule has 0 atom stereocenters. The van der Waals surface area contributed by atoms with Crippen molar-refractivity contribution in [3.63, 3.8) is 0 Å². The first-order valence-electron chi connectivity index (χ1n) is 10.3. The molecule has 5 rings (SSSR count). The number of pyridine rings is 1. The first-order chi connectivity index (χ1) is 15.4. The van der Waals surface area contributed by atoms with Crippen molar-refractivity contribution < 1.29 is 9.18 Å². The summed E-state index contributed by atoms with van der Waals surface area (Å²) in [7, 11) is 1.99. The van der Waals surface area contributed by atoms with Crippen molar-refractivity contribution in [2.24, 2.45) is 5.73 Å². The molecule has 0 aliphatic carbocycles. The predicted molar refractivity (Wildman–Crippen MR) is 120 cm³/mol. The summed E-state index contributed by atoms with van der Waals surface area (Å²) in [5.74, 6) is 1.23. The Labute approximate surface area is 183 Å². The van der Waals surface area contributed by atoms with Gasteiger partial charge in [0.05, 0.1) is 11.3 Å². The van der Waals surface area contributed by atoms with E-state index in [0.717, 1.165) is 29.9 Å². The third-order valence-electron chi connectivity index (χ3n) is 5.69. The number of hydrogen-bond acceptors (Lipinski definition) is 6. The van der Waals surface area contributed by atoms with Gasteiger partial charge in [-0.05, 0) is 43.2 Å². The highest BCUT2D eigenvalue weighted by Gasteiger charge is 2.26. The SMILES string of the molecule is Cc1nc2c(C(N)=O)cccn2c1-c1nc(NCc2cccc(F)c2)c2c(n1)N(C)CC2. The van der Waals surface area contributed by atoms with Gasteiger partial charge in [-0.1, -0.05) is 12.1 Å². The van der Waals surface area contributed by atoms with Crippen LogP contribution in [0.25, 0.3) is 17.2 Å². The van der Waals surface area contributed by atoms with Crippen molar-refractivity contribution in [1.29, 1.82) is 0 Å². The normalized spacial score (nSPS) is 12.9. The average molecular weight is 431 g/mol. The molecule has 1 aromatic carbocycles. The van der Waals surface area contributed by atoms with Crippen LogP contribution in [0.2, 0.25) is 0 Å². The number of fused-ring (bicyclic) bond motifs is 2. The summed E-state index contributed by atoms with van der Waals surface area (Å²) >= 11 is 0. The van der Waals surface area contributed by atoms with E-state index < -0.39 is 5.91 Å². The van der Waals surface area contributed by atoms with Gasteiger partial charge in [0.15, 0.2) is 5.82 Å². The second-order valence-electron chi connectivity index (χ2n) is 7.88. The molecule has 0 spiro atoms. The molecule has 162 valence electrons. The zero-order chi connectivity index (χ0) is 22.4. The molecule has 4 heterocycles. The largest absolute Gasteiger partial charge is 0.366 e. The van der Waals surface area contributed by atoms with Crippen LogP contribution in [0.1, 0.15) is 27.2 Å². The molecule has 0 bridgehead atoms. The zero-order valence-corrected chi connectivity index (χ0v) is 17.8. The number of carbonyl (C=O) groups excluding carboxylic acids is 1. The Morgan fingerprint density at radius 3 is 2.84 bits per heavy atom. The number of amides is 1. The van der Waals surface area contributed by atoms with Gasteiger partial charge in [0.1, 0.15) is 28.8 Å². The lowest BCUT2D eigenvalue weighted by molar-refractivity contribution is 0.100. The Kier molecular flexibility index (Phi) is 4.73. The molecular weight excluding hydrogens is 409 g/mol. The highest BCUT2D eigenvalue weighted by molar-refractivity contribution is 5.99. The minimum Gasteiger partial charge on any atom is -0.366 e. The molecule has 0 saturated carbocycles. The summed E-state index contributed by atoms with van der Waals surface area (Å²) in [6.07, 6.45) is 2.63. The van der Waals surface area contributed by atoms with E-state index >= 15 is 0 Å². The van der Waals surface area contributed by atoms with Crippen molar-refractivity contribution in [2.75, 3.05) is 23.8 Å².